The number of pyridine rings is 1. The molecule has 0 saturated carbocycles. The van der Waals surface area contributed by atoms with Gasteiger partial charge in [0.05, 0.1) is 5.69 Å². The minimum absolute atomic E-state index is 0.107. The van der Waals surface area contributed by atoms with E-state index in [0.29, 0.717) is 0 Å². The Morgan fingerprint density at radius 3 is 2.95 bits per heavy atom. The summed E-state index contributed by atoms with van der Waals surface area (Å²) < 4.78 is 3.93. The topological polar surface area (TPSA) is 51.3 Å². The zero-order chi connectivity index (χ0) is 14.4. The molecule has 0 atom stereocenters. The van der Waals surface area contributed by atoms with Gasteiger partial charge in [-0.2, -0.15) is 0 Å². The van der Waals surface area contributed by atoms with E-state index in [1.807, 2.05) is 34.1 Å². The van der Waals surface area contributed by atoms with Gasteiger partial charge < -0.3 is 5.32 Å². The molecule has 1 aliphatic heterocycles. The van der Waals surface area contributed by atoms with Crippen molar-refractivity contribution in [3.63, 3.8) is 0 Å². The van der Waals surface area contributed by atoms with Gasteiger partial charge in [-0.25, -0.2) is 4.98 Å². The molecule has 1 saturated heterocycles. The smallest absolute Gasteiger partial charge is 0.278 e. The number of nitrogens with zero attached hydrogens (tertiary/aromatic N) is 3. The molecule has 21 heavy (non-hydrogen) atoms. The van der Waals surface area contributed by atoms with E-state index in [1.165, 1.54) is 12.8 Å². The maximum atomic E-state index is 12.7. The lowest BCUT2D eigenvalue weighted by Gasteiger charge is -2.22. The third-order valence-corrected chi connectivity index (χ3v) is 4.74. The number of hydrogen-bond donors (Lipinski definition) is 1. The Morgan fingerprint density at radius 1 is 1.33 bits per heavy atom. The van der Waals surface area contributed by atoms with E-state index in [1.54, 1.807) is 0 Å². The summed E-state index contributed by atoms with van der Waals surface area (Å²) in [6.07, 6.45) is 3.53. The second kappa shape index (κ2) is 4.84. The Hall–Kier alpha value is -1.88. The van der Waals surface area contributed by atoms with E-state index in [-0.39, 0.29) is 5.56 Å². The van der Waals surface area contributed by atoms with Gasteiger partial charge in [-0.1, -0.05) is 6.07 Å². The molecule has 0 spiro atoms. The van der Waals surface area contributed by atoms with Gasteiger partial charge in [0, 0.05) is 6.54 Å². The fourth-order valence-electron chi connectivity index (χ4n) is 3.58. The van der Waals surface area contributed by atoms with Crippen LogP contribution in [0.1, 0.15) is 25.0 Å². The lowest BCUT2D eigenvalue weighted by molar-refractivity contribution is 0.338. The number of nitrogens with one attached hydrogen (secondary N) is 1. The van der Waals surface area contributed by atoms with Crippen molar-refractivity contribution in [2.45, 2.75) is 32.7 Å². The molecule has 3 aromatic heterocycles. The van der Waals surface area contributed by atoms with Crippen LogP contribution in [0.3, 0.4) is 0 Å². The minimum Gasteiger partial charge on any atom is -0.317 e. The molecule has 1 fully saturated rings. The molecule has 0 bridgehead atoms. The molecule has 110 valence electrons. The van der Waals surface area contributed by atoms with E-state index in [9.17, 15) is 4.79 Å². The van der Waals surface area contributed by atoms with E-state index in [0.717, 1.165) is 54.5 Å². The summed E-state index contributed by atoms with van der Waals surface area (Å²) in [6, 6.07) is 5.96. The van der Waals surface area contributed by atoms with Crippen molar-refractivity contribution in [3.05, 3.63) is 34.2 Å². The summed E-state index contributed by atoms with van der Waals surface area (Å²) in [7, 11) is 0. The number of aromatic nitrogens is 3. The molecule has 0 radical (unpaired) electrons. The third-order valence-electron chi connectivity index (χ3n) is 4.74. The summed E-state index contributed by atoms with van der Waals surface area (Å²) in [5.41, 5.74) is 3.53. The Kier molecular flexibility index (Phi) is 2.96. The minimum atomic E-state index is 0.107. The number of imidazole rings is 2. The number of hydrogen-bond acceptors (Lipinski definition) is 3. The van der Waals surface area contributed by atoms with Crippen LogP contribution in [0.5, 0.6) is 0 Å². The lowest BCUT2D eigenvalue weighted by atomic mass is 9.95. The molecule has 1 N–H and O–H groups in total. The number of aryl methyl sites for hydroxylation is 2. The predicted molar refractivity (Wildman–Crippen MR) is 83.1 cm³/mol. The van der Waals surface area contributed by atoms with Gasteiger partial charge in [0.15, 0.2) is 0 Å². The predicted octanol–water partition coefficient (Wildman–Crippen LogP) is 1.79. The first kappa shape index (κ1) is 12.8. The van der Waals surface area contributed by atoms with E-state index < -0.39 is 0 Å². The van der Waals surface area contributed by atoms with Crippen molar-refractivity contribution in [1.29, 1.82) is 0 Å². The first-order chi connectivity index (χ1) is 10.3. The van der Waals surface area contributed by atoms with Crippen LogP contribution >= 0.6 is 0 Å². The zero-order valence-electron chi connectivity index (χ0n) is 12.3. The van der Waals surface area contributed by atoms with E-state index in [2.05, 4.69) is 10.3 Å². The van der Waals surface area contributed by atoms with Gasteiger partial charge in [-0.3, -0.25) is 13.8 Å². The van der Waals surface area contributed by atoms with Gasteiger partial charge in [0.2, 0.25) is 0 Å². The first-order valence-corrected chi connectivity index (χ1v) is 7.76. The quantitative estimate of drug-likeness (QED) is 0.797. The van der Waals surface area contributed by atoms with E-state index >= 15 is 0 Å². The van der Waals surface area contributed by atoms with Crippen LogP contribution in [-0.4, -0.2) is 27.0 Å². The van der Waals surface area contributed by atoms with Crippen LogP contribution in [0.25, 0.3) is 16.8 Å². The van der Waals surface area contributed by atoms with Crippen LogP contribution in [0.2, 0.25) is 0 Å². The largest absolute Gasteiger partial charge is 0.317 e. The summed E-state index contributed by atoms with van der Waals surface area (Å²) in [4.78, 5) is 17.2. The highest BCUT2D eigenvalue weighted by Gasteiger charge is 2.19. The Labute approximate surface area is 122 Å². The van der Waals surface area contributed by atoms with Crippen molar-refractivity contribution in [3.8, 4) is 0 Å². The monoisotopic (exact) mass is 284 g/mol. The van der Waals surface area contributed by atoms with Gasteiger partial charge in [0.1, 0.15) is 16.8 Å². The van der Waals surface area contributed by atoms with Crippen LogP contribution in [-0.2, 0) is 6.54 Å². The highest BCUT2D eigenvalue weighted by molar-refractivity contribution is 5.69. The summed E-state index contributed by atoms with van der Waals surface area (Å²) in [5, 5.41) is 3.39. The normalized spacial score (nSPS) is 17.2. The molecule has 0 aromatic carbocycles. The molecule has 0 amide bonds. The summed E-state index contributed by atoms with van der Waals surface area (Å²) >= 11 is 0. The number of piperidine rings is 1. The molecule has 0 aliphatic carbocycles. The Balaban J connectivity index is 1.73. The van der Waals surface area contributed by atoms with Gasteiger partial charge in [-0.05, 0) is 57.3 Å². The van der Waals surface area contributed by atoms with Gasteiger partial charge in [0.25, 0.3) is 5.56 Å². The van der Waals surface area contributed by atoms with Crippen LogP contribution in [0, 0.1) is 12.8 Å². The van der Waals surface area contributed by atoms with Gasteiger partial charge in [-0.15, -0.1) is 0 Å². The molecule has 4 rings (SSSR count). The summed E-state index contributed by atoms with van der Waals surface area (Å²) in [6.45, 7) is 4.94. The Bertz CT molecular complexity index is 826. The second-order valence-electron chi connectivity index (χ2n) is 6.06. The average Bonchev–Trinajstić information content (AvgIpc) is 2.99. The fraction of sp³-hybridized carbons (Fsp3) is 0.500. The highest BCUT2D eigenvalue weighted by Crippen LogP contribution is 2.20. The van der Waals surface area contributed by atoms with E-state index in [4.69, 9.17) is 0 Å². The van der Waals surface area contributed by atoms with Crippen LogP contribution < -0.4 is 10.9 Å². The Morgan fingerprint density at radius 2 is 2.14 bits per heavy atom. The third kappa shape index (κ3) is 1.95. The molecule has 3 aromatic rings. The fourth-order valence-corrected chi connectivity index (χ4v) is 3.58. The van der Waals surface area contributed by atoms with Crippen molar-refractivity contribution >= 4 is 16.8 Å². The van der Waals surface area contributed by atoms with Crippen molar-refractivity contribution < 1.29 is 0 Å². The number of rotatable bonds is 3. The molecular formula is C16H20N4O. The lowest BCUT2D eigenvalue weighted by Crippen LogP contribution is -2.29. The first-order valence-electron chi connectivity index (χ1n) is 7.76. The van der Waals surface area contributed by atoms with Crippen LogP contribution in [0.4, 0.5) is 0 Å². The zero-order valence-corrected chi connectivity index (χ0v) is 12.3. The maximum absolute atomic E-state index is 12.7. The van der Waals surface area contributed by atoms with Crippen molar-refractivity contribution in [1.82, 2.24) is 19.3 Å². The molecule has 1 aliphatic rings. The average molecular weight is 284 g/mol. The molecular weight excluding hydrogens is 264 g/mol. The SMILES string of the molecule is Cc1nc2cccc3n(CCC4CCNCC4)c(=O)c1n23. The van der Waals surface area contributed by atoms with Crippen LogP contribution in [0.15, 0.2) is 23.0 Å². The molecule has 4 heterocycles. The van der Waals surface area contributed by atoms with Gasteiger partial charge >= 0.3 is 0 Å². The summed E-state index contributed by atoms with van der Waals surface area (Å²) in [5.74, 6) is 0.734. The molecule has 5 nitrogen and oxygen atoms in total. The van der Waals surface area contributed by atoms with Crippen molar-refractivity contribution in [2.75, 3.05) is 13.1 Å². The maximum Gasteiger partial charge on any atom is 0.278 e. The standard InChI is InChI=1S/C16H20N4O/c1-11-15-16(21)19(10-7-12-5-8-17-9-6-12)14-4-2-3-13(18-11)20(14)15/h2-4,12,17H,5-10H2,1H3. The second-order valence-corrected chi connectivity index (χ2v) is 6.06. The highest BCUT2D eigenvalue weighted by atomic mass is 16.1. The molecule has 5 heteroatoms. The van der Waals surface area contributed by atoms with Crippen molar-refractivity contribution in [2.24, 2.45) is 5.92 Å². The molecule has 0 unspecified atom stereocenters.